The zero-order chi connectivity index (χ0) is 13.8. The number of aryl methyl sites for hydroxylation is 1. The van der Waals surface area contributed by atoms with Gasteiger partial charge in [0, 0.05) is 24.5 Å². The van der Waals surface area contributed by atoms with Gasteiger partial charge < -0.3 is 10.6 Å². The number of anilines is 2. The van der Waals surface area contributed by atoms with E-state index in [0.717, 1.165) is 18.1 Å². The zero-order valence-electron chi connectivity index (χ0n) is 11.8. The van der Waals surface area contributed by atoms with Gasteiger partial charge in [0.25, 0.3) is 0 Å². The monoisotopic (exact) mass is 255 g/mol. The van der Waals surface area contributed by atoms with E-state index in [9.17, 15) is 0 Å². The molecule has 0 aliphatic heterocycles. The highest BCUT2D eigenvalue weighted by atomic mass is 15.2. The van der Waals surface area contributed by atoms with Crippen molar-refractivity contribution in [2.24, 2.45) is 0 Å². The van der Waals surface area contributed by atoms with Crippen molar-refractivity contribution in [3.63, 3.8) is 0 Å². The van der Waals surface area contributed by atoms with Gasteiger partial charge in [0.2, 0.25) is 0 Å². The molecule has 0 atom stereocenters. The zero-order valence-corrected chi connectivity index (χ0v) is 11.8. The highest BCUT2D eigenvalue weighted by Gasteiger charge is 2.14. The second-order valence-electron chi connectivity index (χ2n) is 5.11. The predicted octanol–water partition coefficient (Wildman–Crippen LogP) is 3.39. The molecule has 0 radical (unpaired) electrons. The third-order valence-corrected chi connectivity index (χ3v) is 3.21. The van der Waals surface area contributed by atoms with Gasteiger partial charge in [0.1, 0.15) is 5.82 Å². The van der Waals surface area contributed by atoms with Crippen molar-refractivity contribution >= 4 is 11.5 Å². The van der Waals surface area contributed by atoms with Crippen LogP contribution in [0.15, 0.2) is 42.6 Å². The fourth-order valence-electron chi connectivity index (χ4n) is 2.10. The van der Waals surface area contributed by atoms with Crippen molar-refractivity contribution in [1.82, 2.24) is 4.98 Å². The van der Waals surface area contributed by atoms with E-state index in [2.05, 4.69) is 48.9 Å². The lowest BCUT2D eigenvalue weighted by atomic mass is 10.1. The van der Waals surface area contributed by atoms with Gasteiger partial charge in [-0.15, -0.1) is 0 Å². The minimum absolute atomic E-state index is 0.395. The molecule has 2 aromatic rings. The van der Waals surface area contributed by atoms with Crippen LogP contribution in [0.2, 0.25) is 0 Å². The van der Waals surface area contributed by atoms with E-state index in [4.69, 9.17) is 5.73 Å². The molecule has 2 N–H and O–H groups in total. The van der Waals surface area contributed by atoms with Crippen LogP contribution in [0, 0.1) is 6.92 Å². The molecule has 0 fully saturated rings. The summed E-state index contributed by atoms with van der Waals surface area (Å²) in [6.07, 6.45) is 1.85. The first-order valence-electron chi connectivity index (χ1n) is 6.60. The summed E-state index contributed by atoms with van der Waals surface area (Å²) in [5.74, 6) is 1.05. The second kappa shape index (κ2) is 5.74. The Morgan fingerprint density at radius 2 is 1.84 bits per heavy atom. The topological polar surface area (TPSA) is 42.2 Å². The Morgan fingerprint density at radius 1 is 1.16 bits per heavy atom. The maximum absolute atomic E-state index is 5.73. The molecule has 19 heavy (non-hydrogen) atoms. The molecule has 0 bridgehead atoms. The predicted molar refractivity (Wildman–Crippen MR) is 81.1 cm³/mol. The molecule has 0 saturated carbocycles. The first-order chi connectivity index (χ1) is 9.08. The molecule has 0 aliphatic carbocycles. The van der Waals surface area contributed by atoms with Crippen LogP contribution >= 0.6 is 0 Å². The van der Waals surface area contributed by atoms with E-state index in [0.29, 0.717) is 6.04 Å². The lowest BCUT2D eigenvalue weighted by Gasteiger charge is -2.29. The Balaban J connectivity index is 2.27. The van der Waals surface area contributed by atoms with Gasteiger partial charge in [-0.05, 0) is 50.1 Å². The molecular formula is C16H21N3. The van der Waals surface area contributed by atoms with Crippen LogP contribution in [0.25, 0.3) is 0 Å². The molecule has 0 amide bonds. The van der Waals surface area contributed by atoms with E-state index in [-0.39, 0.29) is 0 Å². The summed E-state index contributed by atoms with van der Waals surface area (Å²) in [5.41, 5.74) is 8.97. The average molecular weight is 255 g/mol. The molecule has 1 heterocycles. The van der Waals surface area contributed by atoms with Crippen LogP contribution < -0.4 is 10.6 Å². The molecule has 0 spiro atoms. The Labute approximate surface area is 115 Å². The van der Waals surface area contributed by atoms with Crippen molar-refractivity contribution < 1.29 is 0 Å². The van der Waals surface area contributed by atoms with Gasteiger partial charge in [-0.2, -0.15) is 0 Å². The first-order valence-corrected chi connectivity index (χ1v) is 6.60. The van der Waals surface area contributed by atoms with Crippen LogP contribution in [-0.2, 0) is 6.54 Å². The molecule has 1 aromatic carbocycles. The van der Waals surface area contributed by atoms with Gasteiger partial charge >= 0.3 is 0 Å². The van der Waals surface area contributed by atoms with Gasteiger partial charge in [0.15, 0.2) is 0 Å². The standard InChI is InChI=1S/C16H21N3/c1-12(2)19(16-13(3)5-4-10-18-16)11-14-6-8-15(17)9-7-14/h4-10,12H,11,17H2,1-3H3. The molecule has 2 rings (SSSR count). The number of benzene rings is 1. The van der Waals surface area contributed by atoms with Crippen LogP contribution in [-0.4, -0.2) is 11.0 Å². The summed E-state index contributed by atoms with van der Waals surface area (Å²) in [6, 6.07) is 12.5. The summed E-state index contributed by atoms with van der Waals surface area (Å²) in [5, 5.41) is 0. The molecule has 3 heteroatoms. The van der Waals surface area contributed by atoms with Gasteiger partial charge in [-0.25, -0.2) is 4.98 Å². The third kappa shape index (κ3) is 3.25. The summed E-state index contributed by atoms with van der Waals surface area (Å²) < 4.78 is 0. The Bertz CT molecular complexity index is 532. The molecule has 0 saturated heterocycles. The van der Waals surface area contributed by atoms with E-state index in [1.807, 2.05) is 24.4 Å². The SMILES string of the molecule is Cc1cccnc1N(Cc1ccc(N)cc1)C(C)C. The summed E-state index contributed by atoms with van der Waals surface area (Å²) >= 11 is 0. The van der Waals surface area contributed by atoms with Gasteiger partial charge in [-0.1, -0.05) is 18.2 Å². The Morgan fingerprint density at radius 3 is 2.42 bits per heavy atom. The van der Waals surface area contributed by atoms with Crippen molar-refractivity contribution in [1.29, 1.82) is 0 Å². The number of nitrogens with zero attached hydrogens (tertiary/aromatic N) is 2. The van der Waals surface area contributed by atoms with Crippen LogP contribution in [0.3, 0.4) is 0 Å². The van der Waals surface area contributed by atoms with Crippen LogP contribution in [0.5, 0.6) is 0 Å². The maximum Gasteiger partial charge on any atom is 0.131 e. The van der Waals surface area contributed by atoms with E-state index in [1.54, 1.807) is 0 Å². The molecule has 3 nitrogen and oxygen atoms in total. The van der Waals surface area contributed by atoms with Gasteiger partial charge in [-0.3, -0.25) is 0 Å². The number of aromatic nitrogens is 1. The Kier molecular flexibility index (Phi) is 4.05. The fraction of sp³-hybridized carbons (Fsp3) is 0.312. The lowest BCUT2D eigenvalue weighted by molar-refractivity contribution is 0.670. The molecule has 100 valence electrons. The number of hydrogen-bond acceptors (Lipinski definition) is 3. The smallest absolute Gasteiger partial charge is 0.131 e. The number of nitrogen functional groups attached to an aromatic ring is 1. The molecule has 0 unspecified atom stereocenters. The van der Waals surface area contributed by atoms with Crippen LogP contribution in [0.4, 0.5) is 11.5 Å². The second-order valence-corrected chi connectivity index (χ2v) is 5.11. The summed E-state index contributed by atoms with van der Waals surface area (Å²) in [7, 11) is 0. The van der Waals surface area contributed by atoms with E-state index >= 15 is 0 Å². The quantitative estimate of drug-likeness (QED) is 0.851. The third-order valence-electron chi connectivity index (χ3n) is 3.21. The molecule has 1 aromatic heterocycles. The van der Waals surface area contributed by atoms with Crippen molar-refractivity contribution in [2.75, 3.05) is 10.6 Å². The fourth-order valence-corrected chi connectivity index (χ4v) is 2.10. The van der Waals surface area contributed by atoms with Gasteiger partial charge in [0.05, 0.1) is 0 Å². The van der Waals surface area contributed by atoms with Crippen molar-refractivity contribution in [3.8, 4) is 0 Å². The van der Waals surface area contributed by atoms with Crippen molar-refractivity contribution in [2.45, 2.75) is 33.4 Å². The minimum Gasteiger partial charge on any atom is -0.399 e. The highest BCUT2D eigenvalue weighted by Crippen LogP contribution is 2.21. The largest absolute Gasteiger partial charge is 0.399 e. The average Bonchev–Trinajstić information content (AvgIpc) is 2.39. The molecule has 0 aliphatic rings. The highest BCUT2D eigenvalue weighted by molar-refractivity contribution is 5.48. The van der Waals surface area contributed by atoms with Crippen molar-refractivity contribution in [3.05, 3.63) is 53.7 Å². The maximum atomic E-state index is 5.73. The number of pyridine rings is 1. The normalized spacial score (nSPS) is 10.7. The minimum atomic E-state index is 0.395. The lowest BCUT2D eigenvalue weighted by Crippen LogP contribution is -2.31. The summed E-state index contributed by atoms with van der Waals surface area (Å²) in [6.45, 7) is 7.31. The van der Waals surface area contributed by atoms with E-state index in [1.165, 1.54) is 11.1 Å². The van der Waals surface area contributed by atoms with E-state index < -0.39 is 0 Å². The Hall–Kier alpha value is -2.03. The number of nitrogens with two attached hydrogens (primary N) is 1. The first kappa shape index (κ1) is 13.4. The number of rotatable bonds is 4. The molecular weight excluding hydrogens is 234 g/mol. The van der Waals surface area contributed by atoms with Crippen LogP contribution in [0.1, 0.15) is 25.0 Å². The number of hydrogen-bond donors (Lipinski definition) is 1. The summed E-state index contributed by atoms with van der Waals surface area (Å²) in [4.78, 5) is 6.82.